The third-order valence-corrected chi connectivity index (χ3v) is 5.38. The summed E-state index contributed by atoms with van der Waals surface area (Å²) in [5.74, 6) is 0.989. The fourth-order valence-electron chi connectivity index (χ4n) is 3.06. The lowest BCUT2D eigenvalue weighted by Gasteiger charge is -2.29. The number of carbonyl (C=O) groups is 2. The van der Waals surface area contributed by atoms with Crippen molar-refractivity contribution in [3.05, 3.63) is 59.2 Å². The molecule has 6 nitrogen and oxygen atoms in total. The zero-order valence-electron chi connectivity index (χ0n) is 19.4. The number of nitrogens with zero attached hydrogens (tertiary/aromatic N) is 1. The molecule has 6 heteroatoms. The Balaban J connectivity index is 2.18. The van der Waals surface area contributed by atoms with Gasteiger partial charge in [-0.05, 0) is 69.0 Å². The summed E-state index contributed by atoms with van der Waals surface area (Å²) < 4.78 is 11.0. The van der Waals surface area contributed by atoms with Crippen molar-refractivity contribution in [2.24, 2.45) is 0 Å². The number of hydrogen-bond acceptors (Lipinski definition) is 4. The Morgan fingerprint density at radius 2 is 1.74 bits per heavy atom. The molecule has 31 heavy (non-hydrogen) atoms. The zero-order chi connectivity index (χ0) is 23.0. The van der Waals surface area contributed by atoms with Crippen molar-refractivity contribution >= 4 is 11.8 Å². The molecule has 2 aromatic rings. The number of aryl methyl sites for hydroxylation is 2. The van der Waals surface area contributed by atoms with Crippen LogP contribution < -0.4 is 14.8 Å². The molecule has 0 aliphatic carbocycles. The summed E-state index contributed by atoms with van der Waals surface area (Å²) in [4.78, 5) is 27.5. The first-order valence-electron chi connectivity index (χ1n) is 10.7. The summed E-state index contributed by atoms with van der Waals surface area (Å²) in [6.07, 6.45) is 0.820. The first kappa shape index (κ1) is 24.3. The molecule has 0 spiro atoms. The molecule has 168 valence electrons. The molecule has 0 saturated heterocycles. The third-order valence-electron chi connectivity index (χ3n) is 5.38. The van der Waals surface area contributed by atoms with E-state index < -0.39 is 6.04 Å². The molecule has 2 atom stereocenters. The quantitative estimate of drug-likeness (QED) is 0.623. The van der Waals surface area contributed by atoms with Gasteiger partial charge in [-0.15, -0.1) is 0 Å². The molecule has 0 unspecified atom stereocenters. The Morgan fingerprint density at radius 1 is 1.06 bits per heavy atom. The minimum absolute atomic E-state index is 0.0408. The van der Waals surface area contributed by atoms with Crippen molar-refractivity contribution < 1.29 is 19.1 Å². The maximum absolute atomic E-state index is 13.1. The number of rotatable bonds is 10. The Hall–Kier alpha value is -3.02. The van der Waals surface area contributed by atoms with E-state index >= 15 is 0 Å². The van der Waals surface area contributed by atoms with Gasteiger partial charge >= 0.3 is 0 Å². The fourth-order valence-corrected chi connectivity index (χ4v) is 3.06. The standard InChI is InChI=1S/C25H34N2O4/c1-7-19(4)26-25(29)20(5)27(15-21-10-12-22(30-6)13-11-21)24(28)16-31-23-14-17(2)8-9-18(23)3/h8-14,19-20H,7,15-16H2,1-6H3,(H,26,29)/t19-,20-/m1/s1. The number of ether oxygens (including phenoxy) is 2. The number of amides is 2. The Labute approximate surface area is 185 Å². The predicted molar refractivity (Wildman–Crippen MR) is 122 cm³/mol. The molecule has 0 bridgehead atoms. The second kappa shape index (κ2) is 11.4. The van der Waals surface area contributed by atoms with E-state index in [0.717, 1.165) is 28.9 Å². The van der Waals surface area contributed by atoms with Crippen LogP contribution in [0, 0.1) is 13.8 Å². The molecule has 0 aliphatic rings. The number of hydrogen-bond donors (Lipinski definition) is 1. The van der Waals surface area contributed by atoms with Crippen LogP contribution in [0.15, 0.2) is 42.5 Å². The molecule has 2 aromatic carbocycles. The van der Waals surface area contributed by atoms with Gasteiger partial charge in [0.15, 0.2) is 6.61 Å². The highest BCUT2D eigenvalue weighted by Crippen LogP contribution is 2.20. The molecule has 2 amide bonds. The lowest BCUT2D eigenvalue weighted by molar-refractivity contribution is -0.142. The van der Waals surface area contributed by atoms with E-state index in [1.165, 1.54) is 0 Å². The highest BCUT2D eigenvalue weighted by atomic mass is 16.5. The Kier molecular flexibility index (Phi) is 8.91. The summed E-state index contributed by atoms with van der Waals surface area (Å²) >= 11 is 0. The van der Waals surface area contributed by atoms with Gasteiger partial charge in [-0.25, -0.2) is 0 Å². The summed E-state index contributed by atoms with van der Waals surface area (Å²) in [7, 11) is 1.61. The van der Waals surface area contributed by atoms with Crippen molar-refractivity contribution in [3.63, 3.8) is 0 Å². The third kappa shape index (κ3) is 7.02. The van der Waals surface area contributed by atoms with Crippen molar-refractivity contribution in [1.82, 2.24) is 10.2 Å². The van der Waals surface area contributed by atoms with E-state index in [2.05, 4.69) is 5.32 Å². The second-order valence-electron chi connectivity index (χ2n) is 7.92. The lowest BCUT2D eigenvalue weighted by atomic mass is 10.1. The SMILES string of the molecule is CC[C@@H](C)NC(=O)[C@@H](C)N(Cc1ccc(OC)cc1)C(=O)COc1cc(C)ccc1C. The Bertz CT molecular complexity index is 880. The van der Waals surface area contributed by atoms with Crippen LogP contribution in [0.25, 0.3) is 0 Å². The van der Waals surface area contributed by atoms with E-state index in [1.807, 2.05) is 70.2 Å². The summed E-state index contributed by atoms with van der Waals surface area (Å²) in [5.41, 5.74) is 2.93. The van der Waals surface area contributed by atoms with Crippen LogP contribution in [0.1, 0.15) is 43.9 Å². The van der Waals surface area contributed by atoms with Gasteiger partial charge in [0.25, 0.3) is 5.91 Å². The van der Waals surface area contributed by atoms with Crippen LogP contribution in [0.3, 0.4) is 0 Å². The normalized spacial score (nSPS) is 12.6. The van der Waals surface area contributed by atoms with Crippen molar-refractivity contribution in [1.29, 1.82) is 0 Å². The molecule has 2 rings (SSSR count). The minimum Gasteiger partial charge on any atom is -0.497 e. The molecule has 0 radical (unpaired) electrons. The van der Waals surface area contributed by atoms with Gasteiger partial charge in [-0.2, -0.15) is 0 Å². The summed E-state index contributed by atoms with van der Waals surface area (Å²) in [5, 5.41) is 2.97. The lowest BCUT2D eigenvalue weighted by Crippen LogP contribution is -2.50. The van der Waals surface area contributed by atoms with Gasteiger partial charge in [-0.1, -0.05) is 31.2 Å². The second-order valence-corrected chi connectivity index (χ2v) is 7.92. The van der Waals surface area contributed by atoms with Crippen LogP contribution in [0.4, 0.5) is 0 Å². The van der Waals surface area contributed by atoms with E-state index in [-0.39, 0.29) is 24.5 Å². The fraction of sp³-hybridized carbons (Fsp3) is 0.440. The minimum atomic E-state index is -0.634. The predicted octanol–water partition coefficient (Wildman–Crippen LogP) is 4.02. The molecule has 0 fully saturated rings. The van der Waals surface area contributed by atoms with Crippen molar-refractivity contribution in [3.8, 4) is 11.5 Å². The highest BCUT2D eigenvalue weighted by molar-refractivity contribution is 5.88. The first-order chi connectivity index (χ1) is 14.7. The average molecular weight is 427 g/mol. The maximum Gasteiger partial charge on any atom is 0.261 e. The molecule has 1 N–H and O–H groups in total. The highest BCUT2D eigenvalue weighted by Gasteiger charge is 2.27. The first-order valence-corrected chi connectivity index (χ1v) is 10.7. The van der Waals surface area contributed by atoms with Gasteiger partial charge < -0.3 is 19.7 Å². The van der Waals surface area contributed by atoms with Crippen molar-refractivity contribution in [2.75, 3.05) is 13.7 Å². The van der Waals surface area contributed by atoms with E-state index in [9.17, 15) is 9.59 Å². The number of benzene rings is 2. The van der Waals surface area contributed by atoms with Gasteiger partial charge in [0.2, 0.25) is 5.91 Å². The largest absolute Gasteiger partial charge is 0.497 e. The van der Waals surface area contributed by atoms with Gasteiger partial charge in [0, 0.05) is 12.6 Å². The van der Waals surface area contributed by atoms with E-state index in [0.29, 0.717) is 12.3 Å². The molecular formula is C25H34N2O4. The molecule has 0 heterocycles. The summed E-state index contributed by atoms with van der Waals surface area (Å²) in [6.45, 7) is 9.78. The smallest absolute Gasteiger partial charge is 0.261 e. The molecular weight excluding hydrogens is 392 g/mol. The van der Waals surface area contributed by atoms with E-state index in [4.69, 9.17) is 9.47 Å². The van der Waals surface area contributed by atoms with Gasteiger partial charge in [0.05, 0.1) is 7.11 Å². The molecule has 0 saturated carbocycles. The van der Waals surface area contributed by atoms with Crippen LogP contribution >= 0.6 is 0 Å². The maximum atomic E-state index is 13.1. The van der Waals surface area contributed by atoms with Gasteiger partial charge in [0.1, 0.15) is 17.5 Å². The van der Waals surface area contributed by atoms with Crippen LogP contribution in [0.2, 0.25) is 0 Å². The number of nitrogens with one attached hydrogen (secondary N) is 1. The average Bonchev–Trinajstić information content (AvgIpc) is 2.77. The topological polar surface area (TPSA) is 67.9 Å². The van der Waals surface area contributed by atoms with Crippen LogP contribution in [0.5, 0.6) is 11.5 Å². The van der Waals surface area contributed by atoms with Gasteiger partial charge in [-0.3, -0.25) is 9.59 Å². The monoisotopic (exact) mass is 426 g/mol. The van der Waals surface area contributed by atoms with E-state index in [1.54, 1.807) is 18.9 Å². The zero-order valence-corrected chi connectivity index (χ0v) is 19.4. The van der Waals surface area contributed by atoms with Crippen LogP contribution in [-0.4, -0.2) is 42.5 Å². The summed E-state index contributed by atoms with van der Waals surface area (Å²) in [6, 6.07) is 12.8. The Morgan fingerprint density at radius 3 is 2.35 bits per heavy atom. The molecule has 0 aliphatic heterocycles. The number of methoxy groups -OCH3 is 1. The molecule has 0 aromatic heterocycles. The van der Waals surface area contributed by atoms with Crippen LogP contribution in [-0.2, 0) is 16.1 Å². The van der Waals surface area contributed by atoms with Crippen molar-refractivity contribution in [2.45, 2.75) is 59.7 Å². The number of carbonyl (C=O) groups excluding carboxylic acids is 2.